The highest BCUT2D eigenvalue weighted by molar-refractivity contribution is 7.10. The number of aromatic nitrogens is 1. The predicted molar refractivity (Wildman–Crippen MR) is 93.5 cm³/mol. The van der Waals surface area contributed by atoms with Crippen molar-refractivity contribution >= 4 is 28.0 Å². The molecule has 3 nitrogen and oxygen atoms in total. The second-order valence-electron chi connectivity index (χ2n) is 5.96. The fourth-order valence-corrected chi connectivity index (χ4v) is 4.30. The molecule has 4 heteroatoms. The fraction of sp³-hybridized carbons (Fsp3) is 0.263. The van der Waals surface area contributed by atoms with E-state index < -0.39 is 0 Å². The van der Waals surface area contributed by atoms with Crippen molar-refractivity contribution in [1.29, 1.82) is 0 Å². The summed E-state index contributed by atoms with van der Waals surface area (Å²) in [5.41, 5.74) is 1.02. The largest absolute Gasteiger partial charge is 0.335 e. The number of carbonyl (C=O) groups is 1. The van der Waals surface area contributed by atoms with Gasteiger partial charge in [0.1, 0.15) is 0 Å². The molecule has 1 amide bonds. The third-order valence-corrected chi connectivity index (χ3v) is 5.51. The number of fused-ring (bicyclic) bond motifs is 1. The molecular formula is C19H18N2OS. The average Bonchev–Trinajstić information content (AvgIpc) is 3.26. The second kappa shape index (κ2) is 6.13. The van der Waals surface area contributed by atoms with Crippen LogP contribution in [-0.4, -0.2) is 22.3 Å². The molecule has 3 heterocycles. The van der Waals surface area contributed by atoms with E-state index in [0.717, 1.165) is 35.7 Å². The van der Waals surface area contributed by atoms with Gasteiger partial charge in [0.15, 0.2) is 0 Å². The van der Waals surface area contributed by atoms with Crippen LogP contribution < -0.4 is 0 Å². The van der Waals surface area contributed by atoms with Crippen molar-refractivity contribution in [3.05, 3.63) is 64.6 Å². The second-order valence-corrected chi connectivity index (χ2v) is 6.94. The molecule has 0 spiro atoms. The topological polar surface area (TPSA) is 33.2 Å². The Labute approximate surface area is 139 Å². The normalized spacial score (nSPS) is 17.7. The van der Waals surface area contributed by atoms with Gasteiger partial charge in [-0.1, -0.05) is 30.3 Å². The Morgan fingerprint density at radius 1 is 1.22 bits per heavy atom. The molecule has 0 aliphatic carbocycles. The van der Waals surface area contributed by atoms with Gasteiger partial charge in [-0.15, -0.1) is 11.3 Å². The van der Waals surface area contributed by atoms with Crippen LogP contribution in [0.15, 0.2) is 54.2 Å². The number of carbonyl (C=O) groups excluding carboxylic acids is 1. The number of likely N-dealkylation sites (tertiary alicyclic amines) is 1. The number of rotatable bonds is 3. The van der Waals surface area contributed by atoms with Crippen molar-refractivity contribution in [2.24, 2.45) is 0 Å². The number of hydrogen-bond donors (Lipinski definition) is 0. The summed E-state index contributed by atoms with van der Waals surface area (Å²) in [5.74, 6) is 0.207. The van der Waals surface area contributed by atoms with Crippen LogP contribution in [0.4, 0.5) is 0 Å². The van der Waals surface area contributed by atoms with Crippen LogP contribution in [0.2, 0.25) is 0 Å². The zero-order valence-electron chi connectivity index (χ0n) is 12.8. The van der Waals surface area contributed by atoms with Crippen LogP contribution in [0.3, 0.4) is 0 Å². The number of amides is 1. The lowest BCUT2D eigenvalue weighted by Gasteiger charge is -2.24. The maximum atomic E-state index is 12.9. The van der Waals surface area contributed by atoms with Crippen molar-refractivity contribution in [1.82, 2.24) is 9.88 Å². The monoisotopic (exact) mass is 322 g/mol. The van der Waals surface area contributed by atoms with Crippen LogP contribution in [0.1, 0.15) is 29.3 Å². The summed E-state index contributed by atoms with van der Waals surface area (Å²) in [6.45, 7) is 0.861. The van der Waals surface area contributed by atoms with Crippen molar-refractivity contribution < 1.29 is 4.79 Å². The van der Waals surface area contributed by atoms with E-state index in [1.807, 2.05) is 35.5 Å². The first-order valence-electron chi connectivity index (χ1n) is 7.97. The molecule has 3 aromatic rings. The zero-order chi connectivity index (χ0) is 15.6. The lowest BCUT2D eigenvalue weighted by atomic mass is 10.0. The van der Waals surface area contributed by atoms with Crippen molar-refractivity contribution in [3.63, 3.8) is 0 Å². The minimum Gasteiger partial charge on any atom is -0.335 e. The molecule has 1 unspecified atom stereocenters. The fourth-order valence-electron chi connectivity index (χ4n) is 3.43. The van der Waals surface area contributed by atoms with Gasteiger partial charge < -0.3 is 4.90 Å². The van der Waals surface area contributed by atoms with Gasteiger partial charge in [0, 0.05) is 29.2 Å². The van der Waals surface area contributed by atoms with E-state index in [0.29, 0.717) is 6.42 Å². The van der Waals surface area contributed by atoms with Gasteiger partial charge in [-0.3, -0.25) is 9.78 Å². The lowest BCUT2D eigenvalue weighted by Crippen LogP contribution is -2.31. The highest BCUT2D eigenvalue weighted by Crippen LogP contribution is 2.35. The molecule has 23 heavy (non-hydrogen) atoms. The molecule has 1 aliphatic rings. The van der Waals surface area contributed by atoms with Gasteiger partial charge in [-0.25, -0.2) is 0 Å². The van der Waals surface area contributed by atoms with Crippen molar-refractivity contribution in [3.8, 4) is 0 Å². The molecule has 0 bridgehead atoms. The Bertz CT molecular complexity index is 823. The van der Waals surface area contributed by atoms with Crippen molar-refractivity contribution in [2.45, 2.75) is 25.3 Å². The SMILES string of the molecule is O=C(Cc1cncc2ccccc12)N1CCCC1c1cccs1. The molecular weight excluding hydrogens is 304 g/mol. The quantitative estimate of drug-likeness (QED) is 0.724. The zero-order valence-corrected chi connectivity index (χ0v) is 13.6. The third kappa shape index (κ3) is 2.75. The van der Waals surface area contributed by atoms with Crippen LogP contribution in [0.5, 0.6) is 0 Å². The van der Waals surface area contributed by atoms with Gasteiger partial charge in [0.2, 0.25) is 5.91 Å². The minimum atomic E-state index is 0.207. The third-order valence-electron chi connectivity index (χ3n) is 4.54. The molecule has 116 valence electrons. The smallest absolute Gasteiger partial charge is 0.227 e. The molecule has 1 atom stereocenters. The number of pyridine rings is 1. The highest BCUT2D eigenvalue weighted by Gasteiger charge is 2.30. The van der Waals surface area contributed by atoms with Gasteiger partial charge in [0.05, 0.1) is 12.5 Å². The van der Waals surface area contributed by atoms with E-state index >= 15 is 0 Å². The molecule has 1 fully saturated rings. The number of benzene rings is 1. The Balaban J connectivity index is 1.59. The van der Waals surface area contributed by atoms with Gasteiger partial charge in [-0.2, -0.15) is 0 Å². The highest BCUT2D eigenvalue weighted by atomic mass is 32.1. The van der Waals surface area contributed by atoms with Crippen LogP contribution >= 0.6 is 11.3 Å². The van der Waals surface area contributed by atoms with Crippen LogP contribution in [-0.2, 0) is 11.2 Å². The van der Waals surface area contributed by atoms with Gasteiger partial charge in [0.25, 0.3) is 0 Å². The van der Waals surface area contributed by atoms with E-state index in [4.69, 9.17) is 0 Å². The molecule has 2 aromatic heterocycles. The summed E-state index contributed by atoms with van der Waals surface area (Å²) in [6, 6.07) is 12.6. The molecule has 1 aromatic carbocycles. The Morgan fingerprint density at radius 2 is 2.13 bits per heavy atom. The summed E-state index contributed by atoms with van der Waals surface area (Å²) >= 11 is 1.74. The first-order chi connectivity index (χ1) is 11.3. The van der Waals surface area contributed by atoms with E-state index in [-0.39, 0.29) is 11.9 Å². The minimum absolute atomic E-state index is 0.207. The van der Waals surface area contributed by atoms with Gasteiger partial charge in [-0.05, 0) is 35.2 Å². The molecule has 0 N–H and O–H groups in total. The average molecular weight is 322 g/mol. The van der Waals surface area contributed by atoms with Gasteiger partial charge >= 0.3 is 0 Å². The number of thiophene rings is 1. The maximum absolute atomic E-state index is 12.9. The first kappa shape index (κ1) is 14.4. The summed E-state index contributed by atoms with van der Waals surface area (Å²) in [4.78, 5) is 20.5. The predicted octanol–water partition coefficient (Wildman–Crippen LogP) is 4.20. The number of hydrogen-bond acceptors (Lipinski definition) is 3. The van der Waals surface area contributed by atoms with E-state index in [1.54, 1.807) is 11.3 Å². The van der Waals surface area contributed by atoms with Crippen LogP contribution in [0, 0.1) is 0 Å². The molecule has 1 saturated heterocycles. The Kier molecular flexibility index (Phi) is 3.83. The lowest BCUT2D eigenvalue weighted by molar-refractivity contribution is -0.131. The summed E-state index contributed by atoms with van der Waals surface area (Å²) in [5, 5.41) is 4.31. The molecule has 0 radical (unpaired) electrons. The molecule has 0 saturated carbocycles. The Hall–Kier alpha value is -2.20. The summed E-state index contributed by atoms with van der Waals surface area (Å²) in [7, 11) is 0. The van der Waals surface area contributed by atoms with E-state index in [1.165, 1.54) is 4.88 Å². The standard InChI is InChI=1S/C19H18N2OS/c22-19(21-9-3-7-17(21)18-8-4-10-23-18)11-15-13-20-12-14-5-1-2-6-16(14)15/h1-2,4-6,8,10,12-13,17H,3,7,9,11H2. The number of nitrogens with zero attached hydrogens (tertiary/aromatic N) is 2. The Morgan fingerprint density at radius 3 is 3.00 bits per heavy atom. The molecule has 1 aliphatic heterocycles. The van der Waals surface area contributed by atoms with Crippen molar-refractivity contribution in [2.75, 3.05) is 6.54 Å². The van der Waals surface area contributed by atoms with E-state index in [2.05, 4.69) is 28.6 Å². The molecule has 4 rings (SSSR count). The first-order valence-corrected chi connectivity index (χ1v) is 8.85. The maximum Gasteiger partial charge on any atom is 0.227 e. The van der Waals surface area contributed by atoms with Crippen LogP contribution in [0.25, 0.3) is 10.8 Å². The summed E-state index contributed by atoms with van der Waals surface area (Å²) in [6.07, 6.45) is 6.27. The summed E-state index contributed by atoms with van der Waals surface area (Å²) < 4.78 is 0. The van der Waals surface area contributed by atoms with E-state index in [9.17, 15) is 4.79 Å².